The SMILES string of the molecule is COc1ccc2ncc(F)c(CCN3CC[C@@H](N)[C@@H](O)C3)c2n1. The van der Waals surface area contributed by atoms with E-state index in [2.05, 4.69) is 14.9 Å². The van der Waals surface area contributed by atoms with Crippen molar-refractivity contribution in [2.45, 2.75) is 25.0 Å². The van der Waals surface area contributed by atoms with Crippen molar-refractivity contribution in [3.63, 3.8) is 0 Å². The fourth-order valence-corrected chi connectivity index (χ4v) is 2.92. The molecular formula is C16H21FN4O2. The minimum Gasteiger partial charge on any atom is -0.481 e. The lowest BCUT2D eigenvalue weighted by Gasteiger charge is -2.34. The Bertz CT molecular complexity index is 697. The van der Waals surface area contributed by atoms with Gasteiger partial charge >= 0.3 is 0 Å². The van der Waals surface area contributed by atoms with Crippen molar-refractivity contribution in [2.24, 2.45) is 5.73 Å². The predicted molar refractivity (Wildman–Crippen MR) is 84.8 cm³/mol. The standard InChI is InChI=1S/C16H21FN4O2/c1-23-15-3-2-13-16(20-15)10(11(17)8-19-13)4-6-21-7-5-12(18)14(22)9-21/h2-3,8,12,14,22H,4-7,9,18H2,1H3/t12-,14+/m1/s1. The molecule has 1 fully saturated rings. The van der Waals surface area contributed by atoms with Crippen molar-refractivity contribution < 1.29 is 14.2 Å². The topological polar surface area (TPSA) is 84.5 Å². The van der Waals surface area contributed by atoms with Crippen LogP contribution in [0.2, 0.25) is 0 Å². The van der Waals surface area contributed by atoms with Crippen LogP contribution in [0.15, 0.2) is 18.3 Å². The number of fused-ring (bicyclic) bond motifs is 1. The number of aliphatic hydroxyl groups is 1. The van der Waals surface area contributed by atoms with Gasteiger partial charge in [-0.25, -0.2) is 9.37 Å². The number of nitrogens with zero attached hydrogens (tertiary/aromatic N) is 3. The maximum atomic E-state index is 14.2. The van der Waals surface area contributed by atoms with E-state index in [4.69, 9.17) is 10.5 Å². The van der Waals surface area contributed by atoms with Gasteiger partial charge in [0.1, 0.15) is 5.82 Å². The summed E-state index contributed by atoms with van der Waals surface area (Å²) in [7, 11) is 1.53. The number of halogens is 1. The second kappa shape index (κ2) is 6.74. The van der Waals surface area contributed by atoms with Gasteiger partial charge in [0.2, 0.25) is 5.88 Å². The first kappa shape index (κ1) is 16.0. The zero-order valence-corrected chi connectivity index (χ0v) is 13.1. The van der Waals surface area contributed by atoms with E-state index >= 15 is 0 Å². The van der Waals surface area contributed by atoms with Crippen LogP contribution in [0.5, 0.6) is 5.88 Å². The number of aromatic nitrogens is 2. The van der Waals surface area contributed by atoms with Crippen molar-refractivity contribution in [3.05, 3.63) is 29.7 Å². The first-order valence-electron chi connectivity index (χ1n) is 7.72. The molecule has 0 radical (unpaired) electrons. The molecule has 1 aliphatic rings. The van der Waals surface area contributed by atoms with Gasteiger partial charge in [-0.15, -0.1) is 0 Å². The Morgan fingerprint density at radius 3 is 3.04 bits per heavy atom. The average molecular weight is 320 g/mol. The normalized spacial score (nSPS) is 22.4. The number of aliphatic hydroxyl groups excluding tert-OH is 1. The number of hydrogen-bond acceptors (Lipinski definition) is 6. The first-order valence-corrected chi connectivity index (χ1v) is 7.72. The number of ether oxygens (including phenoxy) is 1. The summed E-state index contributed by atoms with van der Waals surface area (Å²) >= 11 is 0. The molecule has 7 heteroatoms. The second-order valence-corrected chi connectivity index (χ2v) is 5.88. The Labute approximate surface area is 134 Å². The van der Waals surface area contributed by atoms with E-state index in [1.165, 1.54) is 13.3 Å². The summed E-state index contributed by atoms with van der Waals surface area (Å²) in [6.07, 6.45) is 1.94. The van der Waals surface area contributed by atoms with E-state index in [0.717, 1.165) is 13.0 Å². The highest BCUT2D eigenvalue weighted by Gasteiger charge is 2.24. The molecule has 0 aliphatic carbocycles. The molecule has 6 nitrogen and oxygen atoms in total. The summed E-state index contributed by atoms with van der Waals surface area (Å²) in [6, 6.07) is 3.31. The number of methoxy groups -OCH3 is 1. The van der Waals surface area contributed by atoms with E-state index in [-0.39, 0.29) is 11.9 Å². The molecule has 0 spiro atoms. The van der Waals surface area contributed by atoms with Gasteiger partial charge < -0.3 is 20.5 Å². The maximum Gasteiger partial charge on any atom is 0.213 e. The Morgan fingerprint density at radius 1 is 1.48 bits per heavy atom. The van der Waals surface area contributed by atoms with E-state index in [1.807, 2.05) is 0 Å². The summed E-state index contributed by atoms with van der Waals surface area (Å²) in [6.45, 7) is 1.96. The highest BCUT2D eigenvalue weighted by molar-refractivity contribution is 5.78. The molecule has 3 heterocycles. The number of hydrogen-bond donors (Lipinski definition) is 2. The number of nitrogens with two attached hydrogens (primary N) is 1. The van der Waals surface area contributed by atoms with E-state index in [9.17, 15) is 9.50 Å². The minimum absolute atomic E-state index is 0.171. The Balaban J connectivity index is 1.80. The molecule has 0 bridgehead atoms. The van der Waals surface area contributed by atoms with Crippen LogP contribution in [0.25, 0.3) is 11.0 Å². The molecule has 124 valence electrons. The Hall–Kier alpha value is -1.83. The van der Waals surface area contributed by atoms with Crippen LogP contribution in [0, 0.1) is 5.82 Å². The fourth-order valence-electron chi connectivity index (χ4n) is 2.92. The third kappa shape index (κ3) is 3.41. The Morgan fingerprint density at radius 2 is 2.30 bits per heavy atom. The summed E-state index contributed by atoms with van der Waals surface area (Å²) in [5.74, 6) is 0.0676. The molecule has 1 aliphatic heterocycles. The fraction of sp³-hybridized carbons (Fsp3) is 0.500. The molecule has 0 saturated carbocycles. The largest absolute Gasteiger partial charge is 0.481 e. The number of piperidine rings is 1. The van der Waals surface area contributed by atoms with Crippen LogP contribution in [0.1, 0.15) is 12.0 Å². The minimum atomic E-state index is -0.527. The van der Waals surface area contributed by atoms with Gasteiger partial charge in [0.05, 0.1) is 30.4 Å². The molecule has 2 aromatic rings. The number of pyridine rings is 2. The van der Waals surface area contributed by atoms with Crippen LogP contribution in [-0.4, -0.2) is 58.9 Å². The summed E-state index contributed by atoms with van der Waals surface area (Å²) in [5, 5.41) is 9.86. The third-order valence-corrected chi connectivity index (χ3v) is 4.34. The molecule has 23 heavy (non-hydrogen) atoms. The van der Waals surface area contributed by atoms with E-state index < -0.39 is 6.10 Å². The van der Waals surface area contributed by atoms with Gasteiger partial charge in [0.25, 0.3) is 0 Å². The molecule has 3 rings (SSSR count). The molecular weight excluding hydrogens is 299 g/mol. The van der Waals surface area contributed by atoms with E-state index in [1.54, 1.807) is 12.1 Å². The van der Waals surface area contributed by atoms with Gasteiger partial charge in [-0.3, -0.25) is 4.98 Å². The molecule has 0 amide bonds. The zero-order chi connectivity index (χ0) is 16.4. The van der Waals surface area contributed by atoms with Crippen LogP contribution in [-0.2, 0) is 6.42 Å². The highest BCUT2D eigenvalue weighted by Crippen LogP contribution is 2.22. The van der Waals surface area contributed by atoms with Crippen LogP contribution in [0.3, 0.4) is 0 Å². The lowest BCUT2D eigenvalue weighted by molar-refractivity contribution is 0.0541. The lowest BCUT2D eigenvalue weighted by Crippen LogP contribution is -2.50. The zero-order valence-electron chi connectivity index (χ0n) is 13.1. The second-order valence-electron chi connectivity index (χ2n) is 5.88. The molecule has 2 aromatic heterocycles. The first-order chi connectivity index (χ1) is 11.1. The van der Waals surface area contributed by atoms with Crippen LogP contribution < -0.4 is 10.5 Å². The van der Waals surface area contributed by atoms with Crippen LogP contribution >= 0.6 is 0 Å². The average Bonchev–Trinajstić information content (AvgIpc) is 2.56. The number of likely N-dealkylation sites (tertiary alicyclic amines) is 1. The van der Waals surface area contributed by atoms with Crippen molar-refractivity contribution in [2.75, 3.05) is 26.7 Å². The highest BCUT2D eigenvalue weighted by atomic mass is 19.1. The maximum absolute atomic E-state index is 14.2. The summed E-state index contributed by atoms with van der Waals surface area (Å²) in [4.78, 5) is 10.5. The molecule has 2 atom stereocenters. The predicted octanol–water partition coefficient (Wildman–Crippen LogP) is 0.714. The molecule has 0 aromatic carbocycles. The summed E-state index contributed by atoms with van der Waals surface area (Å²) < 4.78 is 19.3. The van der Waals surface area contributed by atoms with Crippen LogP contribution in [0.4, 0.5) is 4.39 Å². The monoisotopic (exact) mass is 320 g/mol. The lowest BCUT2D eigenvalue weighted by atomic mass is 10.0. The van der Waals surface area contributed by atoms with Crippen molar-refractivity contribution in [3.8, 4) is 5.88 Å². The van der Waals surface area contributed by atoms with Gasteiger partial charge in [0.15, 0.2) is 0 Å². The van der Waals surface area contributed by atoms with Gasteiger partial charge in [-0.2, -0.15) is 0 Å². The van der Waals surface area contributed by atoms with Crippen molar-refractivity contribution in [1.82, 2.24) is 14.9 Å². The van der Waals surface area contributed by atoms with Crippen molar-refractivity contribution >= 4 is 11.0 Å². The molecule has 0 unspecified atom stereocenters. The smallest absolute Gasteiger partial charge is 0.213 e. The van der Waals surface area contributed by atoms with E-state index in [0.29, 0.717) is 42.0 Å². The van der Waals surface area contributed by atoms with Gasteiger partial charge in [0, 0.05) is 30.8 Å². The number of β-amino-alcohol motifs (C(OH)–C–C–N with tert-alkyl or cyclic N) is 1. The Kier molecular flexibility index (Phi) is 4.70. The summed E-state index contributed by atoms with van der Waals surface area (Å²) in [5.41, 5.74) is 7.50. The third-order valence-electron chi connectivity index (χ3n) is 4.34. The quantitative estimate of drug-likeness (QED) is 0.863. The van der Waals surface area contributed by atoms with Gasteiger partial charge in [-0.05, 0) is 25.5 Å². The molecule has 3 N–H and O–H groups in total. The van der Waals surface area contributed by atoms with Gasteiger partial charge in [-0.1, -0.05) is 0 Å². The van der Waals surface area contributed by atoms with Crippen molar-refractivity contribution in [1.29, 1.82) is 0 Å². The number of rotatable bonds is 4. The molecule has 1 saturated heterocycles.